The van der Waals surface area contributed by atoms with E-state index in [1.54, 1.807) is 12.4 Å². The molecule has 0 bridgehead atoms. The van der Waals surface area contributed by atoms with Gasteiger partial charge in [-0.05, 0) is 49.2 Å². The molecule has 2 N–H and O–H groups in total. The summed E-state index contributed by atoms with van der Waals surface area (Å²) in [5.74, 6) is 0.874. The molecule has 21 heavy (non-hydrogen) atoms. The van der Waals surface area contributed by atoms with Crippen molar-refractivity contribution in [3.05, 3.63) is 59.9 Å². The van der Waals surface area contributed by atoms with Gasteiger partial charge in [0.05, 0.1) is 12.2 Å². The van der Waals surface area contributed by atoms with Crippen molar-refractivity contribution in [3.8, 4) is 5.75 Å². The Balaban J connectivity index is 1.83. The number of nitrogens with zero attached hydrogens (tertiary/aromatic N) is 1. The van der Waals surface area contributed by atoms with Crippen LogP contribution < -0.4 is 10.1 Å². The third kappa shape index (κ3) is 5.17. The van der Waals surface area contributed by atoms with Gasteiger partial charge in [0.25, 0.3) is 0 Å². The zero-order valence-electron chi connectivity index (χ0n) is 12.5. The molecule has 4 heteroatoms. The number of aliphatic hydroxyl groups excluding tert-OH is 1. The van der Waals surface area contributed by atoms with Crippen molar-refractivity contribution in [1.82, 2.24) is 10.3 Å². The van der Waals surface area contributed by atoms with E-state index >= 15 is 0 Å². The fraction of sp³-hybridized carbons (Fsp3) is 0.353. The normalized spacial score (nSPS) is 12.4. The van der Waals surface area contributed by atoms with Crippen LogP contribution in [0, 0.1) is 0 Å². The standard InChI is InChI=1S/C17H22N2O2/c1-13(2)21-16-5-3-4-14(10-16)11-19-12-17(20)15-6-8-18-9-7-15/h3-10,13,17,19-20H,11-12H2,1-2H3. The van der Waals surface area contributed by atoms with Gasteiger partial charge in [-0.1, -0.05) is 12.1 Å². The maximum atomic E-state index is 10.1. The Labute approximate surface area is 125 Å². The van der Waals surface area contributed by atoms with Gasteiger partial charge in [-0.15, -0.1) is 0 Å². The second-order valence-electron chi connectivity index (χ2n) is 5.24. The highest BCUT2D eigenvalue weighted by molar-refractivity contribution is 5.28. The van der Waals surface area contributed by atoms with Gasteiger partial charge in [-0.2, -0.15) is 0 Å². The molecule has 1 heterocycles. The van der Waals surface area contributed by atoms with Gasteiger partial charge < -0.3 is 15.2 Å². The Bertz CT molecular complexity index is 543. The Hall–Kier alpha value is -1.91. The van der Waals surface area contributed by atoms with Crippen LogP contribution in [0.15, 0.2) is 48.8 Å². The highest BCUT2D eigenvalue weighted by Crippen LogP contribution is 2.15. The number of pyridine rings is 1. The summed E-state index contributed by atoms with van der Waals surface area (Å²) in [6.07, 6.45) is 3.01. The predicted molar refractivity (Wildman–Crippen MR) is 83.1 cm³/mol. The van der Waals surface area contributed by atoms with E-state index in [1.165, 1.54) is 0 Å². The third-order valence-electron chi connectivity index (χ3n) is 3.03. The van der Waals surface area contributed by atoms with Crippen LogP contribution in [0.25, 0.3) is 0 Å². The van der Waals surface area contributed by atoms with Crippen molar-refractivity contribution in [1.29, 1.82) is 0 Å². The van der Waals surface area contributed by atoms with Gasteiger partial charge in [0.2, 0.25) is 0 Å². The number of aliphatic hydroxyl groups is 1. The lowest BCUT2D eigenvalue weighted by atomic mass is 10.1. The van der Waals surface area contributed by atoms with E-state index in [0.29, 0.717) is 13.1 Å². The smallest absolute Gasteiger partial charge is 0.120 e. The number of rotatable bonds is 7. The van der Waals surface area contributed by atoms with Gasteiger partial charge in [0.15, 0.2) is 0 Å². The summed E-state index contributed by atoms with van der Waals surface area (Å²) in [4.78, 5) is 3.94. The molecule has 1 atom stereocenters. The first-order valence-corrected chi connectivity index (χ1v) is 7.19. The van der Waals surface area contributed by atoms with E-state index < -0.39 is 6.10 Å². The van der Waals surface area contributed by atoms with Crippen LogP contribution in [0.3, 0.4) is 0 Å². The second-order valence-corrected chi connectivity index (χ2v) is 5.24. The number of ether oxygens (including phenoxy) is 1. The minimum absolute atomic E-state index is 0.168. The topological polar surface area (TPSA) is 54.4 Å². The summed E-state index contributed by atoms with van der Waals surface area (Å²) >= 11 is 0. The number of hydrogen-bond donors (Lipinski definition) is 2. The van der Waals surface area contributed by atoms with Crippen LogP contribution in [-0.2, 0) is 6.54 Å². The summed E-state index contributed by atoms with van der Waals surface area (Å²) in [6.45, 7) is 5.21. The van der Waals surface area contributed by atoms with Gasteiger partial charge in [0.1, 0.15) is 5.75 Å². The Kier molecular flexibility index (Phi) is 5.72. The molecule has 112 valence electrons. The van der Waals surface area contributed by atoms with Crippen LogP contribution >= 0.6 is 0 Å². The second kappa shape index (κ2) is 7.76. The Morgan fingerprint density at radius 2 is 1.95 bits per heavy atom. The molecule has 4 nitrogen and oxygen atoms in total. The molecule has 0 saturated carbocycles. The van der Waals surface area contributed by atoms with E-state index in [-0.39, 0.29) is 6.10 Å². The molecular weight excluding hydrogens is 264 g/mol. The van der Waals surface area contributed by atoms with Crippen molar-refractivity contribution in [2.45, 2.75) is 32.6 Å². The summed E-state index contributed by atoms with van der Waals surface area (Å²) in [5.41, 5.74) is 2.00. The summed E-state index contributed by atoms with van der Waals surface area (Å²) in [7, 11) is 0. The predicted octanol–water partition coefficient (Wildman–Crippen LogP) is 2.69. The fourth-order valence-corrected chi connectivity index (χ4v) is 2.06. The summed E-state index contributed by atoms with van der Waals surface area (Å²) < 4.78 is 5.67. The minimum Gasteiger partial charge on any atom is -0.491 e. The van der Waals surface area contributed by atoms with Crippen LogP contribution in [0.2, 0.25) is 0 Å². The third-order valence-corrected chi connectivity index (χ3v) is 3.03. The Morgan fingerprint density at radius 1 is 1.19 bits per heavy atom. The fourth-order valence-electron chi connectivity index (χ4n) is 2.06. The zero-order chi connectivity index (χ0) is 15.1. The number of aromatic nitrogens is 1. The maximum absolute atomic E-state index is 10.1. The Morgan fingerprint density at radius 3 is 2.67 bits per heavy atom. The monoisotopic (exact) mass is 286 g/mol. The van der Waals surface area contributed by atoms with Crippen molar-refractivity contribution in [3.63, 3.8) is 0 Å². The minimum atomic E-state index is -0.525. The van der Waals surface area contributed by atoms with Crippen molar-refractivity contribution < 1.29 is 9.84 Å². The molecule has 0 fully saturated rings. The van der Waals surface area contributed by atoms with Crippen molar-refractivity contribution >= 4 is 0 Å². The highest BCUT2D eigenvalue weighted by Gasteiger charge is 2.06. The van der Waals surface area contributed by atoms with Gasteiger partial charge in [-0.3, -0.25) is 4.98 Å². The lowest BCUT2D eigenvalue weighted by Gasteiger charge is -2.13. The average molecular weight is 286 g/mol. The van der Waals surface area contributed by atoms with Crippen LogP contribution in [-0.4, -0.2) is 22.7 Å². The highest BCUT2D eigenvalue weighted by atomic mass is 16.5. The van der Waals surface area contributed by atoms with Crippen LogP contribution in [0.4, 0.5) is 0 Å². The van der Waals surface area contributed by atoms with Gasteiger partial charge in [0, 0.05) is 25.5 Å². The molecule has 1 unspecified atom stereocenters. The first-order chi connectivity index (χ1) is 10.1. The summed E-state index contributed by atoms with van der Waals surface area (Å²) in [6, 6.07) is 11.6. The molecule has 1 aromatic carbocycles. The van der Waals surface area contributed by atoms with E-state index in [9.17, 15) is 5.11 Å². The maximum Gasteiger partial charge on any atom is 0.120 e. The van der Waals surface area contributed by atoms with E-state index in [2.05, 4.69) is 10.3 Å². The molecule has 2 rings (SSSR count). The first kappa shape index (κ1) is 15.5. The van der Waals surface area contributed by atoms with Crippen molar-refractivity contribution in [2.24, 2.45) is 0 Å². The van der Waals surface area contributed by atoms with E-state index in [1.807, 2.05) is 50.2 Å². The number of nitrogens with one attached hydrogen (secondary N) is 1. The molecule has 0 aliphatic heterocycles. The zero-order valence-corrected chi connectivity index (χ0v) is 12.5. The van der Waals surface area contributed by atoms with Crippen LogP contribution in [0.1, 0.15) is 31.1 Å². The lowest BCUT2D eigenvalue weighted by Crippen LogP contribution is -2.21. The largest absolute Gasteiger partial charge is 0.491 e. The number of hydrogen-bond acceptors (Lipinski definition) is 4. The van der Waals surface area contributed by atoms with Gasteiger partial charge in [-0.25, -0.2) is 0 Å². The first-order valence-electron chi connectivity index (χ1n) is 7.19. The molecule has 2 aromatic rings. The molecule has 0 aliphatic carbocycles. The lowest BCUT2D eigenvalue weighted by molar-refractivity contribution is 0.174. The SMILES string of the molecule is CC(C)Oc1cccc(CNCC(O)c2ccncc2)c1. The molecule has 0 radical (unpaired) electrons. The molecule has 1 aromatic heterocycles. The van der Waals surface area contributed by atoms with Crippen molar-refractivity contribution in [2.75, 3.05) is 6.54 Å². The molecule has 0 spiro atoms. The van der Waals surface area contributed by atoms with Crippen LogP contribution in [0.5, 0.6) is 5.75 Å². The number of benzene rings is 1. The van der Waals surface area contributed by atoms with E-state index in [4.69, 9.17) is 4.74 Å². The average Bonchev–Trinajstić information content (AvgIpc) is 2.48. The quantitative estimate of drug-likeness (QED) is 0.821. The van der Waals surface area contributed by atoms with E-state index in [0.717, 1.165) is 16.9 Å². The molecular formula is C17H22N2O2. The molecule has 0 amide bonds. The summed E-state index contributed by atoms with van der Waals surface area (Å²) in [5, 5.41) is 13.3. The van der Waals surface area contributed by atoms with Gasteiger partial charge >= 0.3 is 0 Å². The molecule has 0 aliphatic rings. The molecule has 0 saturated heterocycles.